The van der Waals surface area contributed by atoms with Crippen molar-refractivity contribution >= 4 is 41.1 Å². The normalized spacial score (nSPS) is 12.7. The average molecular weight is 547 g/mol. The molecule has 0 aliphatic rings. The number of carbonyl (C=O) groups excluding carboxylic acids is 4. The summed E-state index contributed by atoms with van der Waals surface area (Å²) in [5, 5.41) is 15.6. The van der Waals surface area contributed by atoms with E-state index in [0.717, 1.165) is 4.90 Å². The molecule has 10 nitrogen and oxygen atoms in total. The van der Waals surface area contributed by atoms with Crippen molar-refractivity contribution < 1.29 is 29.0 Å². The van der Waals surface area contributed by atoms with Crippen LogP contribution in [0.15, 0.2) is 36.4 Å². The fraction of sp³-hybridized carbons (Fsp3) is 0.407. The predicted molar refractivity (Wildman–Crippen MR) is 145 cm³/mol. The molecule has 38 heavy (non-hydrogen) atoms. The second-order valence-electron chi connectivity index (χ2n) is 10.0. The van der Waals surface area contributed by atoms with Crippen molar-refractivity contribution in [3.05, 3.63) is 58.1 Å². The summed E-state index contributed by atoms with van der Waals surface area (Å²) in [6.07, 6.45) is -1.15. The van der Waals surface area contributed by atoms with E-state index in [4.69, 9.17) is 22.1 Å². The maximum absolute atomic E-state index is 13.7. The molecular weight excluding hydrogens is 512 g/mol. The molecule has 0 bridgehead atoms. The van der Waals surface area contributed by atoms with E-state index in [1.807, 2.05) is 0 Å². The van der Waals surface area contributed by atoms with Gasteiger partial charge in [-0.05, 0) is 75.9 Å². The average Bonchev–Trinajstić information content (AvgIpc) is 2.79. The molecule has 2 aromatic carbocycles. The summed E-state index contributed by atoms with van der Waals surface area (Å²) in [4.78, 5) is 52.4. The molecule has 0 aromatic heterocycles. The van der Waals surface area contributed by atoms with Crippen LogP contribution in [-0.2, 0) is 19.1 Å². The molecule has 0 saturated heterocycles. The van der Waals surface area contributed by atoms with Gasteiger partial charge in [0.1, 0.15) is 23.4 Å². The first-order chi connectivity index (χ1) is 17.6. The van der Waals surface area contributed by atoms with E-state index in [1.165, 1.54) is 19.2 Å². The minimum absolute atomic E-state index is 0.0229. The number of aryl methyl sites for hydroxylation is 2. The number of nitrogens with zero attached hydrogens (tertiary/aromatic N) is 1. The summed E-state index contributed by atoms with van der Waals surface area (Å²) >= 11 is 6.31. The Morgan fingerprint density at radius 3 is 2.32 bits per heavy atom. The minimum atomic E-state index is -1.21. The van der Waals surface area contributed by atoms with E-state index in [9.17, 15) is 24.3 Å². The number of alkyl carbamates (subject to hydrolysis) is 1. The fourth-order valence-corrected chi connectivity index (χ4v) is 4.02. The van der Waals surface area contributed by atoms with Crippen LogP contribution in [0, 0.1) is 13.8 Å². The highest BCUT2D eigenvalue weighted by Crippen LogP contribution is 2.30. The number of rotatable bonds is 9. The zero-order chi connectivity index (χ0) is 28.8. The molecule has 0 aliphatic heterocycles. The Hall–Kier alpha value is -3.79. The third kappa shape index (κ3) is 8.37. The number of likely N-dealkylation sites (N-methyl/N-ethyl adjacent to an activating group) is 1. The molecule has 0 radical (unpaired) electrons. The Balaban J connectivity index is 2.47. The summed E-state index contributed by atoms with van der Waals surface area (Å²) in [7, 11) is 1.41. The first-order valence-electron chi connectivity index (χ1n) is 12.0. The van der Waals surface area contributed by atoms with Gasteiger partial charge in [0, 0.05) is 13.5 Å². The molecule has 0 aliphatic carbocycles. The standard InChI is InChI=1S/C27H35ClN4O6/c1-15-8-7-9-18(28)22(15)31-24(35)23(17-10-12-20(33)16(2)14-17)32(6)25(36)19(11-13-21(29)34)30-26(37)38-27(3,4)5/h7-10,12,14,19,23,33H,11,13H2,1-6H3,(H2,29,34)(H,30,37)(H,31,35). The second kappa shape index (κ2) is 12.6. The highest BCUT2D eigenvalue weighted by Gasteiger charge is 2.35. The molecule has 2 aromatic rings. The Labute approximate surface area is 227 Å². The van der Waals surface area contributed by atoms with E-state index in [-0.39, 0.29) is 18.6 Å². The van der Waals surface area contributed by atoms with Gasteiger partial charge >= 0.3 is 6.09 Å². The molecule has 2 atom stereocenters. The Morgan fingerprint density at radius 2 is 1.76 bits per heavy atom. The third-order valence-electron chi connectivity index (χ3n) is 5.66. The molecule has 0 saturated carbocycles. The van der Waals surface area contributed by atoms with Gasteiger partial charge in [0.25, 0.3) is 5.91 Å². The van der Waals surface area contributed by atoms with Crippen LogP contribution in [0.3, 0.4) is 0 Å². The fourth-order valence-electron chi connectivity index (χ4n) is 3.75. The van der Waals surface area contributed by atoms with Crippen molar-refractivity contribution in [3.63, 3.8) is 0 Å². The van der Waals surface area contributed by atoms with Gasteiger partial charge in [0.05, 0.1) is 10.7 Å². The topological polar surface area (TPSA) is 151 Å². The zero-order valence-electron chi connectivity index (χ0n) is 22.4. The minimum Gasteiger partial charge on any atom is -0.508 e. The number of halogens is 1. The number of nitrogens with two attached hydrogens (primary N) is 1. The maximum Gasteiger partial charge on any atom is 0.408 e. The van der Waals surface area contributed by atoms with Gasteiger partial charge in [-0.25, -0.2) is 4.79 Å². The van der Waals surface area contributed by atoms with Crippen LogP contribution in [0.25, 0.3) is 0 Å². The van der Waals surface area contributed by atoms with Crippen molar-refractivity contribution in [2.75, 3.05) is 12.4 Å². The number of benzene rings is 2. The van der Waals surface area contributed by atoms with Crippen molar-refractivity contribution in [2.24, 2.45) is 5.73 Å². The molecule has 2 unspecified atom stereocenters. The van der Waals surface area contributed by atoms with Crippen LogP contribution in [0.2, 0.25) is 5.02 Å². The molecule has 206 valence electrons. The number of carbonyl (C=O) groups is 4. The Kier molecular flexibility index (Phi) is 10.1. The van der Waals surface area contributed by atoms with Crippen molar-refractivity contribution in [2.45, 2.75) is 65.1 Å². The lowest BCUT2D eigenvalue weighted by molar-refractivity contribution is -0.139. The number of para-hydroxylation sites is 1. The lowest BCUT2D eigenvalue weighted by Crippen LogP contribution is -2.51. The van der Waals surface area contributed by atoms with Gasteiger partial charge in [-0.3, -0.25) is 14.4 Å². The van der Waals surface area contributed by atoms with E-state index >= 15 is 0 Å². The van der Waals surface area contributed by atoms with Gasteiger partial charge in [-0.1, -0.05) is 29.8 Å². The van der Waals surface area contributed by atoms with Gasteiger partial charge in [-0.2, -0.15) is 0 Å². The molecule has 0 heterocycles. The lowest BCUT2D eigenvalue weighted by atomic mass is 10.00. The summed E-state index contributed by atoms with van der Waals surface area (Å²) in [5.41, 5.74) is 6.46. The Bertz CT molecular complexity index is 1190. The summed E-state index contributed by atoms with van der Waals surface area (Å²) in [6.45, 7) is 8.45. The van der Waals surface area contributed by atoms with Crippen molar-refractivity contribution in [3.8, 4) is 5.75 Å². The van der Waals surface area contributed by atoms with Gasteiger partial charge < -0.3 is 31.1 Å². The smallest absolute Gasteiger partial charge is 0.408 e. The number of aromatic hydroxyl groups is 1. The molecule has 11 heteroatoms. The van der Waals surface area contributed by atoms with Crippen LogP contribution in [0.1, 0.15) is 56.3 Å². The quantitative estimate of drug-likeness (QED) is 0.373. The molecule has 5 N–H and O–H groups in total. The van der Waals surface area contributed by atoms with E-state index in [1.54, 1.807) is 58.9 Å². The van der Waals surface area contributed by atoms with E-state index < -0.39 is 41.5 Å². The highest BCUT2D eigenvalue weighted by molar-refractivity contribution is 6.34. The van der Waals surface area contributed by atoms with Crippen molar-refractivity contribution in [1.82, 2.24) is 10.2 Å². The highest BCUT2D eigenvalue weighted by atomic mass is 35.5. The number of hydrogen-bond donors (Lipinski definition) is 4. The third-order valence-corrected chi connectivity index (χ3v) is 5.97. The summed E-state index contributed by atoms with van der Waals surface area (Å²) in [5.74, 6) is -1.87. The number of anilines is 1. The summed E-state index contributed by atoms with van der Waals surface area (Å²) in [6, 6.07) is 7.29. The number of phenols is 1. The largest absolute Gasteiger partial charge is 0.508 e. The number of hydrogen-bond acceptors (Lipinski definition) is 6. The SMILES string of the molecule is Cc1cc(C(C(=O)Nc2c(C)cccc2Cl)N(C)C(=O)C(CCC(N)=O)NC(=O)OC(C)(C)C)ccc1O. The lowest BCUT2D eigenvalue weighted by Gasteiger charge is -2.32. The van der Waals surface area contributed by atoms with Crippen LogP contribution in [-0.4, -0.2) is 52.5 Å². The van der Waals surface area contributed by atoms with Gasteiger partial charge in [-0.15, -0.1) is 0 Å². The molecule has 0 fully saturated rings. The van der Waals surface area contributed by atoms with Crippen LogP contribution < -0.4 is 16.4 Å². The maximum atomic E-state index is 13.7. The monoisotopic (exact) mass is 546 g/mol. The molecular formula is C27H35ClN4O6. The van der Waals surface area contributed by atoms with Crippen LogP contribution >= 0.6 is 11.6 Å². The number of ether oxygens (including phenoxy) is 1. The van der Waals surface area contributed by atoms with E-state index in [2.05, 4.69) is 10.6 Å². The Morgan fingerprint density at radius 1 is 1.11 bits per heavy atom. The van der Waals surface area contributed by atoms with Gasteiger partial charge in [0.2, 0.25) is 11.8 Å². The number of amides is 4. The number of nitrogens with one attached hydrogen (secondary N) is 2. The molecule has 0 spiro atoms. The van der Waals surface area contributed by atoms with Crippen molar-refractivity contribution in [1.29, 1.82) is 0 Å². The van der Waals surface area contributed by atoms with Crippen LogP contribution in [0.4, 0.5) is 10.5 Å². The second-order valence-corrected chi connectivity index (χ2v) is 10.4. The first-order valence-corrected chi connectivity index (χ1v) is 12.4. The first kappa shape index (κ1) is 30.4. The predicted octanol–water partition coefficient (Wildman–Crippen LogP) is 3.96. The molecule has 2 rings (SSSR count). The van der Waals surface area contributed by atoms with Crippen LogP contribution in [0.5, 0.6) is 5.75 Å². The summed E-state index contributed by atoms with van der Waals surface area (Å²) < 4.78 is 5.27. The number of primary amides is 1. The number of phenolic OH excluding ortho intramolecular Hbond substituents is 1. The van der Waals surface area contributed by atoms with Gasteiger partial charge in [0.15, 0.2) is 0 Å². The molecule has 4 amide bonds. The zero-order valence-corrected chi connectivity index (χ0v) is 23.2. The van der Waals surface area contributed by atoms with E-state index in [0.29, 0.717) is 27.4 Å².